The highest BCUT2D eigenvalue weighted by Gasteiger charge is 2.33. The molecule has 0 radical (unpaired) electrons. The molecule has 1 aliphatic rings. The van der Waals surface area contributed by atoms with Crippen LogP contribution in [0.3, 0.4) is 0 Å². The van der Waals surface area contributed by atoms with Gasteiger partial charge in [0.05, 0.1) is 25.3 Å². The van der Waals surface area contributed by atoms with Crippen LogP contribution < -0.4 is 14.8 Å². The number of aromatic nitrogens is 2. The molecule has 170 valence electrons. The molecule has 4 rings (SSSR count). The molecule has 1 unspecified atom stereocenters. The van der Waals surface area contributed by atoms with Gasteiger partial charge in [-0.25, -0.2) is 0 Å². The van der Waals surface area contributed by atoms with E-state index in [0.717, 1.165) is 33.9 Å². The molecule has 0 saturated heterocycles. The maximum Gasteiger partial charge on any atom is 0.258 e. The Labute approximate surface area is 198 Å². The second-order valence-electron chi connectivity index (χ2n) is 7.44. The number of ether oxygens (including phenoxy) is 2. The lowest BCUT2D eigenvalue weighted by Gasteiger charge is -2.36. The molecule has 1 aromatic heterocycles. The number of hydrogen-bond donors (Lipinski definition) is 1. The Hall–Kier alpha value is -3.65. The van der Waals surface area contributed by atoms with Crippen molar-refractivity contribution in [2.45, 2.75) is 19.9 Å². The van der Waals surface area contributed by atoms with Crippen LogP contribution in [0, 0.1) is 0 Å². The maximum atomic E-state index is 5.76. The van der Waals surface area contributed by atoms with Crippen LogP contribution in [0.4, 0.5) is 0 Å². The van der Waals surface area contributed by atoms with Crippen LogP contribution in [0.5, 0.6) is 11.5 Å². The summed E-state index contributed by atoms with van der Waals surface area (Å²) in [6.45, 7) is 9.00. The number of hydrogen-bond acceptors (Lipinski definition) is 6. The van der Waals surface area contributed by atoms with Crippen LogP contribution in [-0.2, 0) is 0 Å². The van der Waals surface area contributed by atoms with Crippen molar-refractivity contribution < 1.29 is 14.0 Å². The molecular formula is C25H26N4O3S. The van der Waals surface area contributed by atoms with E-state index in [9.17, 15) is 0 Å². The number of rotatable bonds is 8. The summed E-state index contributed by atoms with van der Waals surface area (Å²) in [6, 6.07) is 15.2. The molecule has 1 N–H and O–H groups in total. The number of nitrogens with zero attached hydrogens (tertiary/aromatic N) is 3. The first-order valence-corrected chi connectivity index (χ1v) is 11.1. The van der Waals surface area contributed by atoms with Gasteiger partial charge in [-0.15, -0.1) is 6.58 Å². The Balaban J connectivity index is 1.77. The summed E-state index contributed by atoms with van der Waals surface area (Å²) in [6.07, 6.45) is 1.81. The molecule has 1 atom stereocenters. The third-order valence-corrected chi connectivity index (χ3v) is 5.76. The smallest absolute Gasteiger partial charge is 0.258 e. The van der Waals surface area contributed by atoms with E-state index in [0.29, 0.717) is 30.0 Å². The molecule has 8 heteroatoms. The molecule has 7 nitrogen and oxygen atoms in total. The highest BCUT2D eigenvalue weighted by Crippen LogP contribution is 2.38. The average Bonchev–Trinajstić information content (AvgIpc) is 3.32. The fourth-order valence-corrected chi connectivity index (χ4v) is 4.12. The van der Waals surface area contributed by atoms with Gasteiger partial charge in [0.15, 0.2) is 5.11 Å². The largest absolute Gasteiger partial charge is 0.497 e. The first-order valence-electron chi connectivity index (χ1n) is 10.7. The van der Waals surface area contributed by atoms with E-state index >= 15 is 0 Å². The molecule has 0 spiro atoms. The Morgan fingerprint density at radius 2 is 2.00 bits per heavy atom. The fourth-order valence-electron chi connectivity index (χ4n) is 3.79. The van der Waals surface area contributed by atoms with Gasteiger partial charge in [-0.1, -0.05) is 35.5 Å². The minimum atomic E-state index is -0.257. The van der Waals surface area contributed by atoms with Crippen molar-refractivity contribution in [1.29, 1.82) is 0 Å². The van der Waals surface area contributed by atoms with Crippen molar-refractivity contribution in [2.75, 3.05) is 20.3 Å². The van der Waals surface area contributed by atoms with E-state index in [4.69, 9.17) is 31.2 Å². The van der Waals surface area contributed by atoms with Gasteiger partial charge in [0.1, 0.15) is 11.5 Å². The lowest BCUT2D eigenvalue weighted by molar-refractivity contribution is 0.340. The first-order chi connectivity index (χ1) is 16.0. The SMILES string of the molecule is C=CCN1C(=S)NC(c2ccc(OCC)cc2)C(c2nc(-c3cccc(OC)c3)no2)=C1C. The highest BCUT2D eigenvalue weighted by molar-refractivity contribution is 7.80. The second-order valence-corrected chi connectivity index (χ2v) is 7.82. The number of thiocarbonyl (C=S) groups is 1. The van der Waals surface area contributed by atoms with Crippen LogP contribution in [0.1, 0.15) is 31.3 Å². The molecule has 0 bridgehead atoms. The number of nitrogens with one attached hydrogen (secondary N) is 1. The van der Waals surface area contributed by atoms with Crippen molar-refractivity contribution >= 4 is 22.9 Å². The quantitative estimate of drug-likeness (QED) is 0.371. The van der Waals surface area contributed by atoms with Gasteiger partial charge in [0.25, 0.3) is 5.89 Å². The van der Waals surface area contributed by atoms with Gasteiger partial charge in [-0.3, -0.25) is 0 Å². The Kier molecular flexibility index (Phi) is 6.74. The summed E-state index contributed by atoms with van der Waals surface area (Å²) in [7, 11) is 1.63. The van der Waals surface area contributed by atoms with Crippen LogP contribution in [0.2, 0.25) is 0 Å². The van der Waals surface area contributed by atoms with Crippen molar-refractivity contribution in [2.24, 2.45) is 0 Å². The minimum Gasteiger partial charge on any atom is -0.497 e. The summed E-state index contributed by atoms with van der Waals surface area (Å²) >= 11 is 5.65. The topological polar surface area (TPSA) is 72.7 Å². The van der Waals surface area contributed by atoms with Crippen molar-refractivity contribution in [3.63, 3.8) is 0 Å². The molecule has 3 aromatic rings. The van der Waals surface area contributed by atoms with Crippen LogP contribution >= 0.6 is 12.2 Å². The third kappa shape index (κ3) is 4.61. The molecule has 2 heterocycles. The monoisotopic (exact) mass is 462 g/mol. The van der Waals surface area contributed by atoms with E-state index in [-0.39, 0.29) is 6.04 Å². The van der Waals surface area contributed by atoms with Gasteiger partial charge in [-0.2, -0.15) is 4.98 Å². The van der Waals surface area contributed by atoms with E-state index in [1.807, 2.05) is 73.4 Å². The summed E-state index contributed by atoms with van der Waals surface area (Å²) in [5.41, 5.74) is 3.60. The second kappa shape index (κ2) is 9.87. The average molecular weight is 463 g/mol. The Morgan fingerprint density at radius 1 is 1.21 bits per heavy atom. The van der Waals surface area contributed by atoms with Gasteiger partial charge < -0.3 is 24.2 Å². The van der Waals surface area contributed by atoms with Crippen molar-refractivity contribution in [3.8, 4) is 22.9 Å². The Bertz CT molecular complexity index is 1190. The van der Waals surface area contributed by atoms with Gasteiger partial charge >= 0.3 is 0 Å². The molecular weight excluding hydrogens is 436 g/mol. The van der Waals surface area contributed by atoms with E-state index < -0.39 is 0 Å². The van der Waals surface area contributed by atoms with Gasteiger partial charge in [-0.05, 0) is 55.9 Å². The third-order valence-electron chi connectivity index (χ3n) is 5.42. The molecule has 0 saturated carbocycles. The van der Waals surface area contributed by atoms with Crippen LogP contribution in [0.25, 0.3) is 17.0 Å². The van der Waals surface area contributed by atoms with Crippen LogP contribution in [0.15, 0.2) is 71.4 Å². The fraction of sp³-hybridized carbons (Fsp3) is 0.240. The van der Waals surface area contributed by atoms with Crippen molar-refractivity contribution in [1.82, 2.24) is 20.4 Å². The van der Waals surface area contributed by atoms with E-state index in [1.54, 1.807) is 7.11 Å². The molecule has 1 aliphatic heterocycles. The lowest BCUT2D eigenvalue weighted by atomic mass is 9.94. The predicted molar refractivity (Wildman–Crippen MR) is 132 cm³/mol. The Morgan fingerprint density at radius 3 is 2.70 bits per heavy atom. The zero-order chi connectivity index (χ0) is 23.4. The lowest BCUT2D eigenvalue weighted by Crippen LogP contribution is -2.45. The zero-order valence-electron chi connectivity index (χ0n) is 18.9. The van der Waals surface area contributed by atoms with E-state index in [1.165, 1.54) is 0 Å². The maximum absolute atomic E-state index is 5.76. The first kappa shape index (κ1) is 22.5. The predicted octanol–water partition coefficient (Wildman–Crippen LogP) is 4.99. The molecule has 0 fully saturated rings. The van der Waals surface area contributed by atoms with Gasteiger partial charge in [0, 0.05) is 17.8 Å². The van der Waals surface area contributed by atoms with Gasteiger partial charge in [0.2, 0.25) is 5.82 Å². The van der Waals surface area contributed by atoms with E-state index in [2.05, 4.69) is 17.1 Å². The summed E-state index contributed by atoms with van der Waals surface area (Å²) < 4.78 is 16.7. The zero-order valence-corrected chi connectivity index (χ0v) is 19.7. The van der Waals surface area contributed by atoms with Crippen LogP contribution in [-0.4, -0.2) is 40.4 Å². The van der Waals surface area contributed by atoms with Crippen molar-refractivity contribution in [3.05, 3.63) is 78.3 Å². The summed E-state index contributed by atoms with van der Waals surface area (Å²) in [4.78, 5) is 6.69. The number of allylic oxidation sites excluding steroid dienone is 1. The molecule has 33 heavy (non-hydrogen) atoms. The molecule has 0 aliphatic carbocycles. The summed E-state index contributed by atoms with van der Waals surface area (Å²) in [5.74, 6) is 2.45. The standard InChI is InChI=1S/C25H26N4O3S/c1-5-14-29-16(3)21(22(26-25(29)33)17-10-12-19(13-11-17)31-6-2)24-27-23(28-32-24)18-8-7-9-20(15-18)30-4/h5,7-13,15,22H,1,6,14H2,2-4H3,(H,26,33). The normalized spacial score (nSPS) is 15.9. The molecule has 0 amide bonds. The number of benzene rings is 2. The minimum absolute atomic E-state index is 0.257. The molecule has 2 aromatic carbocycles. The number of methoxy groups -OCH3 is 1. The highest BCUT2D eigenvalue weighted by atomic mass is 32.1. The summed E-state index contributed by atoms with van der Waals surface area (Å²) in [5, 5.41) is 8.27.